The predicted molar refractivity (Wildman–Crippen MR) is 66.4 cm³/mol. The fraction of sp³-hybridized carbons (Fsp3) is 0.538. The van der Waals surface area contributed by atoms with Crippen molar-refractivity contribution in [3.63, 3.8) is 0 Å². The highest BCUT2D eigenvalue weighted by Crippen LogP contribution is 2.42. The maximum Gasteiger partial charge on any atom is 0.197 e. The summed E-state index contributed by atoms with van der Waals surface area (Å²) in [5.41, 5.74) is 0. The van der Waals surface area contributed by atoms with Gasteiger partial charge in [-0.3, -0.25) is 5.32 Å². The number of hydrogen-bond acceptors (Lipinski definition) is 3. The van der Waals surface area contributed by atoms with Crippen LogP contribution < -0.4 is 5.32 Å². The summed E-state index contributed by atoms with van der Waals surface area (Å²) in [6.45, 7) is 0. The average molecular weight is 251 g/mol. The summed E-state index contributed by atoms with van der Waals surface area (Å²) in [5, 5.41) is 3.35. The largest absolute Gasteiger partial charge is 0.295 e. The molecule has 1 aromatic rings. The van der Waals surface area contributed by atoms with E-state index in [2.05, 4.69) is 5.32 Å². The molecule has 17 heavy (non-hydrogen) atoms. The van der Waals surface area contributed by atoms with Gasteiger partial charge in [-0.05, 0) is 44.2 Å². The molecule has 0 amide bonds. The summed E-state index contributed by atoms with van der Waals surface area (Å²) in [5.74, 6) is 0. The van der Waals surface area contributed by atoms with Crippen LogP contribution in [-0.4, -0.2) is 19.3 Å². The first-order chi connectivity index (χ1) is 8.14. The van der Waals surface area contributed by atoms with E-state index in [9.17, 15) is 8.42 Å². The Morgan fingerprint density at radius 3 is 2.65 bits per heavy atom. The highest BCUT2D eigenvalue weighted by Gasteiger charge is 2.51. The van der Waals surface area contributed by atoms with Crippen LogP contribution in [0.3, 0.4) is 0 Å². The van der Waals surface area contributed by atoms with Gasteiger partial charge in [0.25, 0.3) is 0 Å². The van der Waals surface area contributed by atoms with E-state index in [-0.39, 0.29) is 0 Å². The molecular formula is C13H17NO2S. The van der Waals surface area contributed by atoms with E-state index < -0.39 is 14.7 Å². The van der Waals surface area contributed by atoms with E-state index in [4.69, 9.17) is 0 Å². The summed E-state index contributed by atoms with van der Waals surface area (Å²) in [7, 11) is -3.24. The van der Waals surface area contributed by atoms with Crippen molar-refractivity contribution in [1.29, 1.82) is 0 Å². The van der Waals surface area contributed by atoms with E-state index in [1.165, 1.54) is 0 Å². The standard InChI is InChI=1S/C13H17NO2S/c15-17(16,12-6-2-1-3-7-12)13-9-4-5-11(14-13)8-10-13/h1-3,6-7,11,14H,4-5,8-10H2. The van der Waals surface area contributed by atoms with Gasteiger partial charge >= 0.3 is 0 Å². The molecule has 2 heterocycles. The summed E-state index contributed by atoms with van der Waals surface area (Å²) in [6.07, 6.45) is 4.64. The first kappa shape index (κ1) is 11.2. The van der Waals surface area contributed by atoms with E-state index in [0.717, 1.165) is 32.1 Å². The fourth-order valence-electron chi connectivity index (χ4n) is 3.14. The van der Waals surface area contributed by atoms with Crippen LogP contribution in [0, 0.1) is 0 Å². The van der Waals surface area contributed by atoms with Crippen LogP contribution in [0.1, 0.15) is 32.1 Å². The Kier molecular flexibility index (Phi) is 2.52. The van der Waals surface area contributed by atoms with Crippen molar-refractivity contribution < 1.29 is 8.42 Å². The number of fused-ring (bicyclic) bond motifs is 2. The molecule has 0 aromatic heterocycles. The van der Waals surface area contributed by atoms with Crippen molar-refractivity contribution in [3.8, 4) is 0 Å². The molecule has 2 atom stereocenters. The van der Waals surface area contributed by atoms with Gasteiger partial charge in [-0.2, -0.15) is 0 Å². The zero-order valence-corrected chi connectivity index (χ0v) is 10.5. The monoisotopic (exact) mass is 251 g/mol. The third-order valence-corrected chi connectivity index (χ3v) is 6.51. The van der Waals surface area contributed by atoms with E-state index in [1.54, 1.807) is 24.3 Å². The Balaban J connectivity index is 2.04. The lowest BCUT2D eigenvalue weighted by Crippen LogP contribution is -2.52. The second-order valence-corrected chi connectivity index (χ2v) is 7.34. The second-order valence-electron chi connectivity index (χ2n) is 5.08. The molecule has 0 aliphatic carbocycles. The first-order valence-corrected chi connectivity index (χ1v) is 7.70. The average Bonchev–Trinajstić information content (AvgIpc) is 2.67. The molecule has 2 saturated heterocycles. The van der Waals surface area contributed by atoms with Crippen LogP contribution in [-0.2, 0) is 9.84 Å². The summed E-state index contributed by atoms with van der Waals surface area (Å²) in [4.78, 5) is -0.230. The predicted octanol–water partition coefficient (Wildman–Crippen LogP) is 2.09. The molecule has 0 spiro atoms. The summed E-state index contributed by atoms with van der Waals surface area (Å²) < 4.78 is 25.4. The Morgan fingerprint density at radius 1 is 1.12 bits per heavy atom. The molecule has 0 saturated carbocycles. The molecule has 2 bridgehead atoms. The van der Waals surface area contributed by atoms with Crippen LogP contribution in [0.25, 0.3) is 0 Å². The summed E-state index contributed by atoms with van der Waals surface area (Å²) in [6, 6.07) is 9.24. The molecule has 92 valence electrons. The minimum absolute atomic E-state index is 0.405. The molecule has 1 N–H and O–H groups in total. The number of nitrogens with one attached hydrogen (secondary N) is 1. The van der Waals surface area contributed by atoms with Gasteiger partial charge in [0.05, 0.1) is 4.90 Å². The quantitative estimate of drug-likeness (QED) is 0.875. The topological polar surface area (TPSA) is 46.2 Å². The Bertz CT molecular complexity index is 507. The maximum atomic E-state index is 12.7. The molecule has 3 nitrogen and oxygen atoms in total. The van der Waals surface area contributed by atoms with Gasteiger partial charge in [0.1, 0.15) is 4.87 Å². The Hall–Kier alpha value is -0.870. The maximum absolute atomic E-state index is 12.7. The Morgan fingerprint density at radius 2 is 1.88 bits per heavy atom. The third kappa shape index (κ3) is 1.62. The molecule has 2 aliphatic heterocycles. The molecule has 3 rings (SSSR count). The van der Waals surface area contributed by atoms with Crippen molar-refractivity contribution in [1.82, 2.24) is 5.32 Å². The third-order valence-electron chi connectivity index (χ3n) is 4.06. The lowest BCUT2D eigenvalue weighted by atomic mass is 10.1. The van der Waals surface area contributed by atoms with Crippen molar-refractivity contribution >= 4 is 9.84 Å². The van der Waals surface area contributed by atoms with Crippen LogP contribution in [0.2, 0.25) is 0 Å². The van der Waals surface area contributed by atoms with Crippen LogP contribution >= 0.6 is 0 Å². The molecule has 2 aliphatic rings. The highest BCUT2D eigenvalue weighted by atomic mass is 32.2. The zero-order valence-electron chi connectivity index (χ0n) is 9.72. The van der Waals surface area contributed by atoms with E-state index in [1.807, 2.05) is 6.07 Å². The van der Waals surface area contributed by atoms with Crippen LogP contribution in [0.4, 0.5) is 0 Å². The van der Waals surface area contributed by atoms with Gasteiger partial charge in [0.2, 0.25) is 0 Å². The normalized spacial score (nSPS) is 32.6. The van der Waals surface area contributed by atoms with Gasteiger partial charge in [0, 0.05) is 6.04 Å². The van der Waals surface area contributed by atoms with Crippen molar-refractivity contribution in [2.75, 3.05) is 0 Å². The molecule has 1 aromatic carbocycles. The minimum Gasteiger partial charge on any atom is -0.295 e. The number of piperidine rings is 1. The minimum atomic E-state index is -3.24. The van der Waals surface area contributed by atoms with Crippen LogP contribution in [0.15, 0.2) is 35.2 Å². The first-order valence-electron chi connectivity index (χ1n) is 6.21. The SMILES string of the molecule is O=S(=O)(c1ccccc1)C12CCCC(CC1)N2. The molecule has 4 heteroatoms. The molecular weight excluding hydrogens is 234 g/mol. The van der Waals surface area contributed by atoms with Crippen molar-refractivity contribution in [3.05, 3.63) is 30.3 Å². The number of benzene rings is 1. The van der Waals surface area contributed by atoms with E-state index in [0.29, 0.717) is 10.9 Å². The number of sulfone groups is 1. The number of hydrogen-bond donors (Lipinski definition) is 1. The molecule has 2 unspecified atom stereocenters. The zero-order chi connectivity index (χ0) is 11.9. The van der Waals surface area contributed by atoms with Gasteiger partial charge in [-0.15, -0.1) is 0 Å². The lowest BCUT2D eigenvalue weighted by molar-refractivity contribution is 0.356. The smallest absolute Gasteiger partial charge is 0.197 e. The van der Waals surface area contributed by atoms with Crippen molar-refractivity contribution in [2.24, 2.45) is 0 Å². The lowest BCUT2D eigenvalue weighted by Gasteiger charge is -2.34. The molecule has 2 fully saturated rings. The van der Waals surface area contributed by atoms with E-state index >= 15 is 0 Å². The fourth-order valence-corrected chi connectivity index (χ4v) is 5.23. The second kappa shape index (κ2) is 3.82. The molecule has 0 radical (unpaired) electrons. The number of rotatable bonds is 2. The Labute approximate surface area is 102 Å². The van der Waals surface area contributed by atoms with Gasteiger partial charge in [-0.25, -0.2) is 8.42 Å². The van der Waals surface area contributed by atoms with Gasteiger partial charge in [-0.1, -0.05) is 18.2 Å². The van der Waals surface area contributed by atoms with Crippen molar-refractivity contribution in [2.45, 2.75) is 47.9 Å². The van der Waals surface area contributed by atoms with Gasteiger partial charge in [0.15, 0.2) is 9.84 Å². The highest BCUT2D eigenvalue weighted by molar-refractivity contribution is 7.92. The van der Waals surface area contributed by atoms with Crippen LogP contribution in [0.5, 0.6) is 0 Å². The van der Waals surface area contributed by atoms with Gasteiger partial charge < -0.3 is 0 Å². The summed E-state index contributed by atoms with van der Waals surface area (Å²) >= 11 is 0.